The number of hydrogen-bond acceptors (Lipinski definition) is 5. The molecule has 2 aromatic carbocycles. The first-order valence-electron chi connectivity index (χ1n) is 10.7. The lowest BCUT2D eigenvalue weighted by Crippen LogP contribution is -2.24. The van der Waals surface area contributed by atoms with Crippen LogP contribution in [0.15, 0.2) is 65.1 Å². The number of unbranched alkanes of at least 4 members (excludes halogenated alkanes) is 1. The monoisotopic (exact) mass is 420 g/mol. The van der Waals surface area contributed by atoms with E-state index in [0.29, 0.717) is 25.4 Å². The highest BCUT2D eigenvalue weighted by molar-refractivity contribution is 5.91. The van der Waals surface area contributed by atoms with Gasteiger partial charge in [0.05, 0.1) is 6.54 Å². The molecule has 0 saturated carbocycles. The van der Waals surface area contributed by atoms with E-state index >= 15 is 0 Å². The third kappa shape index (κ3) is 5.67. The first-order chi connectivity index (χ1) is 15.2. The molecule has 0 saturated heterocycles. The molecule has 0 atom stereocenters. The van der Waals surface area contributed by atoms with Crippen LogP contribution in [-0.2, 0) is 19.6 Å². The van der Waals surface area contributed by atoms with Gasteiger partial charge in [-0.05, 0) is 41.8 Å². The summed E-state index contributed by atoms with van der Waals surface area (Å²) in [6.45, 7) is 5.08. The van der Waals surface area contributed by atoms with E-state index in [4.69, 9.17) is 13.9 Å². The van der Waals surface area contributed by atoms with Crippen LogP contribution >= 0.6 is 0 Å². The van der Waals surface area contributed by atoms with Gasteiger partial charge in [-0.1, -0.05) is 49.7 Å². The summed E-state index contributed by atoms with van der Waals surface area (Å²) in [5.74, 6) is 2.51. The van der Waals surface area contributed by atoms with Gasteiger partial charge in [0.2, 0.25) is 6.79 Å². The number of amides is 1. The molecule has 4 rings (SSSR count). The maximum absolute atomic E-state index is 12.3. The van der Waals surface area contributed by atoms with Gasteiger partial charge in [-0.2, -0.15) is 0 Å². The largest absolute Gasteiger partial charge is 0.455 e. The predicted octanol–water partition coefficient (Wildman–Crippen LogP) is 4.74. The molecule has 0 spiro atoms. The normalized spacial score (nSPS) is 12.3. The summed E-state index contributed by atoms with van der Waals surface area (Å²) in [5, 5.41) is 2.90. The molecular weight excluding hydrogens is 392 g/mol. The number of nitrogens with zero attached hydrogens (tertiary/aromatic N) is 1. The Balaban J connectivity index is 1.46. The zero-order valence-electron chi connectivity index (χ0n) is 17.8. The number of benzene rings is 2. The minimum atomic E-state index is -0.162. The Hall–Kier alpha value is -3.25. The smallest absolute Gasteiger partial charge is 0.286 e. The second-order valence-electron chi connectivity index (χ2n) is 7.69. The summed E-state index contributed by atoms with van der Waals surface area (Å²) in [5.41, 5.74) is 2.34. The fourth-order valence-electron chi connectivity index (χ4n) is 3.58. The molecule has 0 radical (unpaired) electrons. The lowest BCUT2D eigenvalue weighted by Gasteiger charge is -2.21. The minimum absolute atomic E-state index is 0.162. The molecule has 1 N–H and O–H groups in total. The average molecular weight is 421 g/mol. The molecule has 0 aliphatic carbocycles. The highest BCUT2D eigenvalue weighted by Gasteiger charge is 2.17. The van der Waals surface area contributed by atoms with Crippen LogP contribution in [0.4, 0.5) is 0 Å². The first-order valence-corrected chi connectivity index (χ1v) is 10.7. The van der Waals surface area contributed by atoms with Gasteiger partial charge in [0, 0.05) is 19.6 Å². The Labute approximate surface area is 182 Å². The van der Waals surface area contributed by atoms with Crippen LogP contribution in [-0.4, -0.2) is 24.1 Å². The third-order valence-electron chi connectivity index (χ3n) is 5.17. The molecular formula is C25H28N2O4. The second-order valence-corrected chi connectivity index (χ2v) is 7.69. The molecule has 3 aromatic rings. The van der Waals surface area contributed by atoms with Crippen molar-refractivity contribution in [2.75, 3.05) is 13.3 Å². The van der Waals surface area contributed by atoms with Gasteiger partial charge in [0.1, 0.15) is 5.76 Å². The summed E-state index contributed by atoms with van der Waals surface area (Å²) in [6, 6.07) is 20.0. The van der Waals surface area contributed by atoms with Crippen LogP contribution in [0.5, 0.6) is 11.5 Å². The summed E-state index contributed by atoms with van der Waals surface area (Å²) in [4.78, 5) is 14.5. The molecule has 162 valence electrons. The number of ether oxygens (including phenoxy) is 2. The highest BCUT2D eigenvalue weighted by atomic mass is 16.7. The number of carbonyl (C=O) groups is 1. The molecule has 1 amide bonds. The van der Waals surface area contributed by atoms with Crippen molar-refractivity contribution in [3.8, 4) is 11.5 Å². The van der Waals surface area contributed by atoms with E-state index < -0.39 is 0 Å². The van der Waals surface area contributed by atoms with Crippen molar-refractivity contribution in [2.24, 2.45) is 0 Å². The highest BCUT2D eigenvalue weighted by Crippen LogP contribution is 2.33. The lowest BCUT2D eigenvalue weighted by atomic mass is 10.1. The molecule has 0 bridgehead atoms. The van der Waals surface area contributed by atoms with Crippen molar-refractivity contribution < 1.29 is 18.7 Å². The van der Waals surface area contributed by atoms with Crippen molar-refractivity contribution in [3.63, 3.8) is 0 Å². The second kappa shape index (κ2) is 10.2. The average Bonchev–Trinajstić information content (AvgIpc) is 3.44. The Morgan fingerprint density at radius 1 is 0.935 bits per heavy atom. The van der Waals surface area contributed by atoms with Gasteiger partial charge in [-0.25, -0.2) is 0 Å². The van der Waals surface area contributed by atoms with E-state index in [2.05, 4.69) is 35.3 Å². The van der Waals surface area contributed by atoms with Gasteiger partial charge >= 0.3 is 0 Å². The Morgan fingerprint density at radius 2 is 1.74 bits per heavy atom. The van der Waals surface area contributed by atoms with Gasteiger partial charge in [0.15, 0.2) is 17.3 Å². The van der Waals surface area contributed by atoms with Crippen molar-refractivity contribution in [2.45, 2.75) is 39.4 Å². The van der Waals surface area contributed by atoms with Crippen LogP contribution in [0, 0.1) is 0 Å². The fraction of sp³-hybridized carbons (Fsp3) is 0.320. The SMILES string of the molecule is CCCCNC(=O)c1ccc(CN(Cc2ccccc2)Cc2ccc3c(c2)OCO3)o1. The Kier molecular flexibility index (Phi) is 6.89. The maximum atomic E-state index is 12.3. The Morgan fingerprint density at radius 3 is 2.58 bits per heavy atom. The number of fused-ring (bicyclic) bond motifs is 1. The fourth-order valence-corrected chi connectivity index (χ4v) is 3.58. The topological polar surface area (TPSA) is 63.9 Å². The summed E-state index contributed by atoms with van der Waals surface area (Å²) in [6.07, 6.45) is 2.00. The van der Waals surface area contributed by atoms with Gasteiger partial charge in [0.25, 0.3) is 5.91 Å². The summed E-state index contributed by atoms with van der Waals surface area (Å²) < 4.78 is 16.8. The van der Waals surface area contributed by atoms with Crippen LogP contribution in [0.1, 0.15) is 47.2 Å². The molecule has 1 aliphatic heterocycles. The molecule has 31 heavy (non-hydrogen) atoms. The summed E-state index contributed by atoms with van der Waals surface area (Å²) in [7, 11) is 0. The first kappa shape index (κ1) is 21.0. The van der Waals surface area contributed by atoms with Crippen molar-refractivity contribution in [1.82, 2.24) is 10.2 Å². The van der Waals surface area contributed by atoms with E-state index in [1.807, 2.05) is 36.4 Å². The maximum Gasteiger partial charge on any atom is 0.286 e. The number of hydrogen-bond donors (Lipinski definition) is 1. The van der Waals surface area contributed by atoms with Crippen molar-refractivity contribution in [3.05, 3.63) is 83.3 Å². The molecule has 1 aliphatic rings. The minimum Gasteiger partial charge on any atom is -0.455 e. The Bertz CT molecular complexity index is 1000. The standard InChI is InChI=1S/C25H28N2O4/c1-2-3-13-26-25(28)23-12-10-21(31-23)17-27(15-19-7-5-4-6-8-19)16-20-9-11-22-24(14-20)30-18-29-22/h4-12,14H,2-3,13,15-18H2,1H3,(H,26,28). The predicted molar refractivity (Wildman–Crippen MR) is 118 cm³/mol. The van der Waals surface area contributed by atoms with E-state index in [1.165, 1.54) is 5.56 Å². The number of furan rings is 1. The van der Waals surface area contributed by atoms with Crippen LogP contribution in [0.3, 0.4) is 0 Å². The van der Waals surface area contributed by atoms with Gasteiger partial charge in [-0.3, -0.25) is 9.69 Å². The van der Waals surface area contributed by atoms with E-state index in [9.17, 15) is 4.79 Å². The van der Waals surface area contributed by atoms with E-state index in [0.717, 1.165) is 42.2 Å². The molecule has 6 heteroatoms. The van der Waals surface area contributed by atoms with E-state index in [1.54, 1.807) is 6.07 Å². The third-order valence-corrected chi connectivity index (χ3v) is 5.17. The van der Waals surface area contributed by atoms with Crippen LogP contribution in [0.25, 0.3) is 0 Å². The zero-order valence-corrected chi connectivity index (χ0v) is 17.8. The molecule has 0 unspecified atom stereocenters. The van der Waals surface area contributed by atoms with Crippen LogP contribution < -0.4 is 14.8 Å². The number of carbonyl (C=O) groups excluding carboxylic acids is 1. The molecule has 1 aromatic heterocycles. The van der Waals surface area contributed by atoms with Gasteiger partial charge < -0.3 is 19.2 Å². The van der Waals surface area contributed by atoms with Gasteiger partial charge in [-0.15, -0.1) is 0 Å². The molecule has 0 fully saturated rings. The van der Waals surface area contributed by atoms with Crippen LogP contribution in [0.2, 0.25) is 0 Å². The quantitative estimate of drug-likeness (QED) is 0.480. The number of rotatable bonds is 10. The van der Waals surface area contributed by atoms with E-state index in [-0.39, 0.29) is 12.7 Å². The van der Waals surface area contributed by atoms with Crippen molar-refractivity contribution >= 4 is 5.91 Å². The van der Waals surface area contributed by atoms with Crippen molar-refractivity contribution in [1.29, 1.82) is 0 Å². The zero-order chi connectivity index (χ0) is 21.5. The molecule has 6 nitrogen and oxygen atoms in total. The summed E-state index contributed by atoms with van der Waals surface area (Å²) >= 11 is 0. The molecule has 2 heterocycles. The lowest BCUT2D eigenvalue weighted by molar-refractivity contribution is 0.0921. The number of nitrogens with one attached hydrogen (secondary N) is 1.